The normalized spacial score (nSPS) is 10.1. The van der Waals surface area contributed by atoms with Crippen molar-refractivity contribution in [2.75, 3.05) is 21.3 Å². The topological polar surface area (TPSA) is 44.8 Å². The Morgan fingerprint density at radius 2 is 1.48 bits per heavy atom. The SMILES string of the molecule is COc1cc(Cl)ccc1C(=O)c1c(OC)cccc1OC. The second-order valence-electron chi connectivity index (χ2n) is 4.21. The first-order chi connectivity index (χ1) is 10.1. The summed E-state index contributed by atoms with van der Waals surface area (Å²) in [4.78, 5) is 12.8. The first kappa shape index (κ1) is 15.2. The fraction of sp³-hybridized carbons (Fsp3) is 0.188. The lowest BCUT2D eigenvalue weighted by molar-refractivity contribution is 0.103. The maximum absolute atomic E-state index is 12.8. The van der Waals surface area contributed by atoms with E-state index in [1.54, 1.807) is 36.4 Å². The molecule has 0 heterocycles. The number of methoxy groups -OCH3 is 3. The van der Waals surface area contributed by atoms with Crippen LogP contribution in [0.25, 0.3) is 0 Å². The zero-order valence-electron chi connectivity index (χ0n) is 12.0. The molecule has 5 heteroatoms. The molecule has 0 saturated heterocycles. The van der Waals surface area contributed by atoms with Crippen LogP contribution in [0.15, 0.2) is 36.4 Å². The molecule has 0 fully saturated rings. The van der Waals surface area contributed by atoms with Crippen molar-refractivity contribution in [3.63, 3.8) is 0 Å². The maximum Gasteiger partial charge on any atom is 0.204 e. The molecule has 0 aliphatic heterocycles. The summed E-state index contributed by atoms with van der Waals surface area (Å²) in [5, 5.41) is 0.496. The molecular weight excluding hydrogens is 292 g/mol. The Kier molecular flexibility index (Phi) is 4.70. The first-order valence-corrected chi connectivity index (χ1v) is 6.59. The molecule has 0 aromatic heterocycles. The summed E-state index contributed by atoms with van der Waals surface area (Å²) in [5.41, 5.74) is 0.743. The zero-order valence-corrected chi connectivity index (χ0v) is 12.7. The van der Waals surface area contributed by atoms with Crippen molar-refractivity contribution in [1.82, 2.24) is 0 Å². The van der Waals surface area contributed by atoms with E-state index in [-0.39, 0.29) is 5.78 Å². The minimum atomic E-state index is -0.252. The van der Waals surface area contributed by atoms with Crippen LogP contribution < -0.4 is 14.2 Å². The predicted molar refractivity (Wildman–Crippen MR) is 81.0 cm³/mol. The van der Waals surface area contributed by atoms with E-state index in [0.717, 1.165) is 0 Å². The summed E-state index contributed by atoms with van der Waals surface area (Å²) in [7, 11) is 4.50. The molecule has 2 aromatic carbocycles. The van der Waals surface area contributed by atoms with E-state index in [2.05, 4.69) is 0 Å². The van der Waals surface area contributed by atoms with Crippen molar-refractivity contribution < 1.29 is 19.0 Å². The van der Waals surface area contributed by atoms with Gasteiger partial charge in [0.25, 0.3) is 0 Å². The monoisotopic (exact) mass is 306 g/mol. The lowest BCUT2D eigenvalue weighted by Gasteiger charge is -2.14. The Hall–Kier alpha value is -2.20. The minimum Gasteiger partial charge on any atom is -0.496 e. The lowest BCUT2D eigenvalue weighted by atomic mass is 10.0. The second-order valence-corrected chi connectivity index (χ2v) is 4.65. The summed E-state index contributed by atoms with van der Waals surface area (Å²) in [6, 6.07) is 10.0. The number of carbonyl (C=O) groups is 1. The van der Waals surface area contributed by atoms with Crippen molar-refractivity contribution in [2.45, 2.75) is 0 Å². The molecule has 0 amide bonds. The van der Waals surface area contributed by atoms with Gasteiger partial charge in [0, 0.05) is 5.02 Å². The number of hydrogen-bond donors (Lipinski definition) is 0. The van der Waals surface area contributed by atoms with Gasteiger partial charge in [0.15, 0.2) is 0 Å². The molecule has 0 saturated carbocycles. The van der Waals surface area contributed by atoms with Gasteiger partial charge in [-0.15, -0.1) is 0 Å². The van der Waals surface area contributed by atoms with Crippen LogP contribution >= 0.6 is 11.6 Å². The highest BCUT2D eigenvalue weighted by atomic mass is 35.5. The van der Waals surface area contributed by atoms with E-state index in [0.29, 0.717) is 33.4 Å². The average Bonchev–Trinajstić information content (AvgIpc) is 2.53. The minimum absolute atomic E-state index is 0.252. The van der Waals surface area contributed by atoms with Crippen LogP contribution in [0.1, 0.15) is 15.9 Å². The molecule has 0 radical (unpaired) electrons. The first-order valence-electron chi connectivity index (χ1n) is 6.21. The van der Waals surface area contributed by atoms with E-state index < -0.39 is 0 Å². The van der Waals surface area contributed by atoms with E-state index in [4.69, 9.17) is 25.8 Å². The molecule has 0 aliphatic carbocycles. The fourth-order valence-electron chi connectivity index (χ4n) is 2.06. The molecule has 0 spiro atoms. The molecule has 21 heavy (non-hydrogen) atoms. The number of halogens is 1. The van der Waals surface area contributed by atoms with E-state index in [9.17, 15) is 4.79 Å². The van der Waals surface area contributed by atoms with Crippen molar-refractivity contribution in [2.24, 2.45) is 0 Å². The van der Waals surface area contributed by atoms with Crippen LogP contribution in [-0.4, -0.2) is 27.1 Å². The van der Waals surface area contributed by atoms with Crippen LogP contribution in [0.5, 0.6) is 17.2 Å². The van der Waals surface area contributed by atoms with Gasteiger partial charge in [-0.05, 0) is 30.3 Å². The molecule has 0 atom stereocenters. The summed E-state index contributed by atoms with van der Waals surface area (Å²) in [6.07, 6.45) is 0. The van der Waals surface area contributed by atoms with Gasteiger partial charge in [-0.3, -0.25) is 4.79 Å². The highest BCUT2D eigenvalue weighted by Gasteiger charge is 2.22. The molecule has 0 bridgehead atoms. The van der Waals surface area contributed by atoms with Crippen LogP contribution in [0.4, 0.5) is 0 Å². The number of rotatable bonds is 5. The number of ketones is 1. The van der Waals surface area contributed by atoms with Crippen molar-refractivity contribution in [1.29, 1.82) is 0 Å². The summed E-state index contributed by atoms with van der Waals surface area (Å²) in [6.45, 7) is 0. The van der Waals surface area contributed by atoms with Crippen molar-refractivity contribution >= 4 is 17.4 Å². The largest absolute Gasteiger partial charge is 0.496 e. The van der Waals surface area contributed by atoms with Gasteiger partial charge in [-0.1, -0.05) is 17.7 Å². The van der Waals surface area contributed by atoms with Gasteiger partial charge in [0.2, 0.25) is 5.78 Å². The Morgan fingerprint density at radius 3 is 2.00 bits per heavy atom. The van der Waals surface area contributed by atoms with Gasteiger partial charge >= 0.3 is 0 Å². The van der Waals surface area contributed by atoms with Crippen LogP contribution in [0.2, 0.25) is 5.02 Å². The Bertz CT molecular complexity index is 645. The number of ether oxygens (including phenoxy) is 3. The van der Waals surface area contributed by atoms with Crippen molar-refractivity contribution in [3.8, 4) is 17.2 Å². The fourth-order valence-corrected chi connectivity index (χ4v) is 2.22. The van der Waals surface area contributed by atoms with Crippen LogP contribution in [0.3, 0.4) is 0 Å². The van der Waals surface area contributed by atoms with Crippen LogP contribution in [-0.2, 0) is 0 Å². The smallest absolute Gasteiger partial charge is 0.204 e. The second kappa shape index (κ2) is 6.50. The average molecular weight is 307 g/mol. The lowest BCUT2D eigenvalue weighted by Crippen LogP contribution is -2.08. The van der Waals surface area contributed by atoms with E-state index >= 15 is 0 Å². The third-order valence-corrected chi connectivity index (χ3v) is 3.30. The molecule has 110 valence electrons. The molecule has 0 unspecified atom stereocenters. The van der Waals surface area contributed by atoms with Gasteiger partial charge in [0.05, 0.1) is 26.9 Å². The zero-order chi connectivity index (χ0) is 15.4. The number of benzene rings is 2. The molecule has 0 aliphatic rings. The van der Waals surface area contributed by atoms with Crippen LogP contribution in [0, 0.1) is 0 Å². The number of hydrogen-bond acceptors (Lipinski definition) is 4. The highest BCUT2D eigenvalue weighted by Crippen LogP contribution is 2.33. The highest BCUT2D eigenvalue weighted by molar-refractivity contribution is 6.31. The van der Waals surface area contributed by atoms with Gasteiger partial charge in [-0.2, -0.15) is 0 Å². The third-order valence-electron chi connectivity index (χ3n) is 3.06. The van der Waals surface area contributed by atoms with Gasteiger partial charge < -0.3 is 14.2 Å². The van der Waals surface area contributed by atoms with Gasteiger partial charge in [-0.25, -0.2) is 0 Å². The Morgan fingerprint density at radius 1 is 0.905 bits per heavy atom. The Balaban J connectivity index is 2.60. The Labute approximate surface area is 128 Å². The molecule has 2 aromatic rings. The number of carbonyl (C=O) groups excluding carboxylic acids is 1. The standard InChI is InChI=1S/C16H15ClO4/c1-19-12-5-4-6-13(20-2)15(12)16(18)11-8-7-10(17)9-14(11)21-3/h4-9H,1-3H3. The van der Waals surface area contributed by atoms with Crippen molar-refractivity contribution in [3.05, 3.63) is 52.5 Å². The summed E-state index contributed by atoms with van der Waals surface area (Å²) in [5.74, 6) is 1.03. The molecule has 4 nitrogen and oxygen atoms in total. The van der Waals surface area contributed by atoms with E-state index in [1.165, 1.54) is 21.3 Å². The quantitative estimate of drug-likeness (QED) is 0.792. The maximum atomic E-state index is 12.8. The molecule has 2 rings (SSSR count). The summed E-state index contributed by atoms with van der Waals surface area (Å²) >= 11 is 5.92. The predicted octanol–water partition coefficient (Wildman–Crippen LogP) is 3.60. The molecular formula is C16H15ClO4. The van der Waals surface area contributed by atoms with Gasteiger partial charge in [0.1, 0.15) is 22.8 Å². The molecule has 0 N–H and O–H groups in total. The third kappa shape index (κ3) is 2.95. The summed E-state index contributed by atoms with van der Waals surface area (Å²) < 4.78 is 15.7. The van der Waals surface area contributed by atoms with E-state index in [1.807, 2.05) is 0 Å².